The molecule has 1 aromatic rings. The van der Waals surface area contributed by atoms with Crippen molar-refractivity contribution in [3.63, 3.8) is 0 Å². The number of rotatable bonds is 6. The van der Waals surface area contributed by atoms with E-state index >= 15 is 0 Å². The Balaban J connectivity index is 1.80. The zero-order valence-corrected chi connectivity index (χ0v) is 12.4. The Morgan fingerprint density at radius 3 is 2.84 bits per heavy atom. The minimum atomic E-state index is 0.867. The Morgan fingerprint density at radius 2 is 2.16 bits per heavy atom. The van der Waals surface area contributed by atoms with Crippen LogP contribution in [0.2, 0.25) is 0 Å². The molecule has 1 aliphatic rings. The highest BCUT2D eigenvalue weighted by atomic mass is 16.5. The zero-order chi connectivity index (χ0) is 13.7. The monoisotopic (exact) mass is 262 g/mol. The van der Waals surface area contributed by atoms with Crippen LogP contribution in [-0.4, -0.2) is 26.7 Å². The number of hydrogen-bond acceptors (Lipinski definition) is 3. The molecule has 1 unspecified atom stereocenters. The maximum atomic E-state index is 5.35. The van der Waals surface area contributed by atoms with Crippen molar-refractivity contribution in [1.82, 2.24) is 10.6 Å². The molecule has 0 saturated carbocycles. The molecule has 0 aliphatic carbocycles. The lowest BCUT2D eigenvalue weighted by atomic mass is 10.0. The molecule has 1 heterocycles. The van der Waals surface area contributed by atoms with Gasteiger partial charge >= 0.3 is 0 Å². The van der Waals surface area contributed by atoms with Gasteiger partial charge in [-0.2, -0.15) is 0 Å². The van der Waals surface area contributed by atoms with E-state index in [2.05, 4.69) is 36.6 Å². The lowest BCUT2D eigenvalue weighted by Crippen LogP contribution is -2.19. The molecule has 1 saturated heterocycles. The van der Waals surface area contributed by atoms with E-state index in [4.69, 9.17) is 4.74 Å². The number of methoxy groups -OCH3 is 1. The SMILES string of the molecule is COc1ccc(CNCCC2CCNC2)c(C)c1C. The molecule has 0 bridgehead atoms. The van der Waals surface area contributed by atoms with E-state index in [9.17, 15) is 0 Å². The Morgan fingerprint density at radius 1 is 1.32 bits per heavy atom. The van der Waals surface area contributed by atoms with Crippen LogP contribution < -0.4 is 15.4 Å². The molecule has 3 nitrogen and oxygen atoms in total. The van der Waals surface area contributed by atoms with Crippen LogP contribution in [0.5, 0.6) is 5.75 Å². The normalized spacial score (nSPS) is 18.8. The van der Waals surface area contributed by atoms with E-state index in [1.165, 1.54) is 42.6 Å². The van der Waals surface area contributed by atoms with Crippen LogP contribution in [0, 0.1) is 19.8 Å². The average molecular weight is 262 g/mol. The molecule has 19 heavy (non-hydrogen) atoms. The van der Waals surface area contributed by atoms with E-state index in [0.717, 1.165) is 24.8 Å². The second-order valence-electron chi connectivity index (χ2n) is 5.50. The van der Waals surface area contributed by atoms with Gasteiger partial charge in [-0.15, -0.1) is 0 Å². The van der Waals surface area contributed by atoms with Gasteiger partial charge < -0.3 is 15.4 Å². The first-order chi connectivity index (χ1) is 9.22. The topological polar surface area (TPSA) is 33.3 Å². The van der Waals surface area contributed by atoms with E-state index < -0.39 is 0 Å². The zero-order valence-electron chi connectivity index (χ0n) is 12.4. The standard InChI is InChI=1S/C16H26N2O/c1-12-13(2)16(19-3)5-4-15(12)11-18-9-7-14-6-8-17-10-14/h4-5,14,17-18H,6-11H2,1-3H3. The summed E-state index contributed by atoms with van der Waals surface area (Å²) in [5.41, 5.74) is 3.97. The predicted octanol–water partition coefficient (Wildman–Crippen LogP) is 2.40. The largest absolute Gasteiger partial charge is 0.496 e. The predicted molar refractivity (Wildman–Crippen MR) is 79.8 cm³/mol. The molecule has 3 heteroatoms. The van der Waals surface area contributed by atoms with Crippen molar-refractivity contribution in [2.75, 3.05) is 26.7 Å². The summed E-state index contributed by atoms with van der Waals surface area (Å²) in [5, 5.41) is 6.98. The highest BCUT2D eigenvalue weighted by molar-refractivity contribution is 5.43. The molecule has 0 aromatic heterocycles. The smallest absolute Gasteiger partial charge is 0.122 e. The van der Waals surface area contributed by atoms with Crippen LogP contribution in [-0.2, 0) is 6.54 Å². The van der Waals surface area contributed by atoms with Gasteiger partial charge in [-0.05, 0) is 75.0 Å². The van der Waals surface area contributed by atoms with E-state index in [-0.39, 0.29) is 0 Å². The molecular weight excluding hydrogens is 236 g/mol. The fraction of sp³-hybridized carbons (Fsp3) is 0.625. The lowest BCUT2D eigenvalue weighted by Gasteiger charge is -2.14. The third kappa shape index (κ3) is 3.71. The summed E-state index contributed by atoms with van der Waals surface area (Å²) in [4.78, 5) is 0. The van der Waals surface area contributed by atoms with Gasteiger partial charge in [-0.25, -0.2) is 0 Å². The molecule has 1 aliphatic heterocycles. The summed E-state index contributed by atoms with van der Waals surface area (Å²) in [5.74, 6) is 1.85. The number of hydrogen-bond donors (Lipinski definition) is 2. The van der Waals surface area contributed by atoms with E-state index in [1.54, 1.807) is 7.11 Å². The van der Waals surface area contributed by atoms with Crippen LogP contribution in [0.3, 0.4) is 0 Å². The van der Waals surface area contributed by atoms with Crippen molar-refractivity contribution >= 4 is 0 Å². The van der Waals surface area contributed by atoms with Crippen molar-refractivity contribution < 1.29 is 4.74 Å². The third-order valence-corrected chi connectivity index (χ3v) is 4.28. The van der Waals surface area contributed by atoms with Gasteiger partial charge in [0.2, 0.25) is 0 Å². The van der Waals surface area contributed by atoms with Crippen molar-refractivity contribution in [1.29, 1.82) is 0 Å². The first-order valence-corrected chi connectivity index (χ1v) is 7.27. The summed E-state index contributed by atoms with van der Waals surface area (Å²) >= 11 is 0. The summed E-state index contributed by atoms with van der Waals surface area (Å²) in [7, 11) is 1.73. The summed E-state index contributed by atoms with van der Waals surface area (Å²) in [6.07, 6.45) is 2.61. The maximum absolute atomic E-state index is 5.35. The minimum Gasteiger partial charge on any atom is -0.496 e. The Bertz CT molecular complexity index is 411. The molecular formula is C16H26N2O. The summed E-state index contributed by atoms with van der Waals surface area (Å²) < 4.78 is 5.35. The van der Waals surface area contributed by atoms with Gasteiger partial charge in [0.05, 0.1) is 7.11 Å². The Labute approximate surface area is 116 Å². The summed E-state index contributed by atoms with van der Waals surface area (Å²) in [6, 6.07) is 4.24. The van der Waals surface area contributed by atoms with Gasteiger partial charge in [0.25, 0.3) is 0 Å². The van der Waals surface area contributed by atoms with Crippen LogP contribution in [0.4, 0.5) is 0 Å². The molecule has 1 fully saturated rings. The van der Waals surface area contributed by atoms with Gasteiger partial charge in [0, 0.05) is 6.54 Å². The number of ether oxygens (including phenoxy) is 1. The third-order valence-electron chi connectivity index (χ3n) is 4.28. The van der Waals surface area contributed by atoms with Crippen LogP contribution in [0.15, 0.2) is 12.1 Å². The highest BCUT2D eigenvalue weighted by Gasteiger charge is 2.13. The molecule has 2 rings (SSSR count). The first-order valence-electron chi connectivity index (χ1n) is 7.27. The van der Waals surface area contributed by atoms with Gasteiger partial charge in [-0.3, -0.25) is 0 Å². The van der Waals surface area contributed by atoms with Crippen LogP contribution in [0.25, 0.3) is 0 Å². The maximum Gasteiger partial charge on any atom is 0.122 e. The number of nitrogens with one attached hydrogen (secondary N) is 2. The quantitative estimate of drug-likeness (QED) is 0.772. The number of benzene rings is 1. The highest BCUT2D eigenvalue weighted by Crippen LogP contribution is 2.23. The molecule has 1 aromatic carbocycles. The second-order valence-corrected chi connectivity index (χ2v) is 5.50. The molecule has 1 atom stereocenters. The van der Waals surface area contributed by atoms with Gasteiger partial charge in [-0.1, -0.05) is 6.07 Å². The Hall–Kier alpha value is -1.06. The van der Waals surface area contributed by atoms with E-state index in [1.807, 2.05) is 0 Å². The molecule has 0 spiro atoms. The Kier molecular flexibility index (Phi) is 5.23. The molecule has 106 valence electrons. The second kappa shape index (κ2) is 6.92. The van der Waals surface area contributed by atoms with E-state index in [0.29, 0.717) is 0 Å². The van der Waals surface area contributed by atoms with Crippen molar-refractivity contribution in [3.8, 4) is 5.75 Å². The van der Waals surface area contributed by atoms with Crippen molar-refractivity contribution in [2.24, 2.45) is 5.92 Å². The van der Waals surface area contributed by atoms with Crippen molar-refractivity contribution in [2.45, 2.75) is 33.2 Å². The molecule has 2 N–H and O–H groups in total. The fourth-order valence-corrected chi connectivity index (χ4v) is 2.75. The fourth-order valence-electron chi connectivity index (χ4n) is 2.75. The average Bonchev–Trinajstić information content (AvgIpc) is 2.92. The molecule has 0 radical (unpaired) electrons. The van der Waals surface area contributed by atoms with Crippen molar-refractivity contribution in [3.05, 3.63) is 28.8 Å². The van der Waals surface area contributed by atoms with Gasteiger partial charge in [0.1, 0.15) is 5.75 Å². The molecule has 0 amide bonds. The minimum absolute atomic E-state index is 0.867. The summed E-state index contributed by atoms with van der Waals surface area (Å²) in [6.45, 7) is 8.76. The van der Waals surface area contributed by atoms with Crippen LogP contribution >= 0.6 is 0 Å². The van der Waals surface area contributed by atoms with Crippen LogP contribution in [0.1, 0.15) is 29.5 Å². The van der Waals surface area contributed by atoms with Gasteiger partial charge in [0.15, 0.2) is 0 Å². The lowest BCUT2D eigenvalue weighted by molar-refractivity contribution is 0.411. The first kappa shape index (κ1) is 14.4.